The van der Waals surface area contributed by atoms with Gasteiger partial charge in [0.25, 0.3) is 0 Å². The number of rotatable bonds is 3. The van der Waals surface area contributed by atoms with Crippen LogP contribution >= 0.6 is 0 Å². The number of hydrogen-bond donors (Lipinski definition) is 1. The minimum absolute atomic E-state index is 0.0887. The molecule has 1 aliphatic rings. The maximum absolute atomic E-state index is 12.8. The molecular weight excluding hydrogens is 185 g/mol. The molecule has 3 nitrogen and oxygen atoms in total. The van der Waals surface area contributed by atoms with E-state index in [2.05, 4.69) is 0 Å². The van der Waals surface area contributed by atoms with Crippen LogP contribution in [0.4, 0.5) is 4.39 Å². The van der Waals surface area contributed by atoms with E-state index in [1.807, 2.05) is 0 Å². The predicted octanol–water partition coefficient (Wildman–Crippen LogP) is 1.06. The van der Waals surface area contributed by atoms with Gasteiger partial charge in [-0.2, -0.15) is 0 Å². The van der Waals surface area contributed by atoms with Crippen LogP contribution in [0.3, 0.4) is 0 Å². The molecule has 76 valence electrons. The van der Waals surface area contributed by atoms with Crippen molar-refractivity contribution in [2.24, 2.45) is 5.73 Å². The van der Waals surface area contributed by atoms with Gasteiger partial charge < -0.3 is 15.2 Å². The van der Waals surface area contributed by atoms with Gasteiger partial charge in [-0.25, -0.2) is 4.39 Å². The Bertz CT molecular complexity index is 326. The van der Waals surface area contributed by atoms with Crippen molar-refractivity contribution in [1.82, 2.24) is 0 Å². The first-order valence-corrected chi connectivity index (χ1v) is 4.52. The number of hydrogen-bond acceptors (Lipinski definition) is 3. The third kappa shape index (κ3) is 1.86. The molecule has 1 saturated heterocycles. The van der Waals surface area contributed by atoms with E-state index in [9.17, 15) is 4.39 Å². The molecular formula is C10H12FNO2. The second-order valence-corrected chi connectivity index (χ2v) is 3.23. The summed E-state index contributed by atoms with van der Waals surface area (Å²) >= 11 is 0. The van der Waals surface area contributed by atoms with Gasteiger partial charge in [0.15, 0.2) is 0 Å². The zero-order chi connectivity index (χ0) is 9.97. The van der Waals surface area contributed by atoms with E-state index in [-0.39, 0.29) is 18.5 Å². The Morgan fingerprint density at radius 2 is 2.29 bits per heavy atom. The summed E-state index contributed by atoms with van der Waals surface area (Å²) in [6, 6.07) is 4.37. The minimum Gasteiger partial charge on any atom is -0.485 e. The van der Waals surface area contributed by atoms with Crippen molar-refractivity contribution in [1.29, 1.82) is 0 Å². The maximum atomic E-state index is 12.8. The summed E-state index contributed by atoms with van der Waals surface area (Å²) in [5, 5.41) is 0. The Morgan fingerprint density at radius 1 is 1.50 bits per heavy atom. The lowest BCUT2D eigenvalue weighted by Gasteiger charge is -2.27. The molecule has 0 radical (unpaired) electrons. The van der Waals surface area contributed by atoms with Crippen molar-refractivity contribution in [3.8, 4) is 5.75 Å². The van der Waals surface area contributed by atoms with E-state index in [1.54, 1.807) is 6.07 Å². The molecule has 4 heteroatoms. The second kappa shape index (κ2) is 3.94. The van der Waals surface area contributed by atoms with Crippen molar-refractivity contribution in [3.05, 3.63) is 29.6 Å². The van der Waals surface area contributed by atoms with Gasteiger partial charge in [0.05, 0.1) is 13.2 Å². The Hall–Kier alpha value is -1.13. The second-order valence-electron chi connectivity index (χ2n) is 3.23. The molecule has 2 rings (SSSR count). The number of ether oxygens (including phenoxy) is 2. The average molecular weight is 197 g/mol. The first kappa shape index (κ1) is 9.43. The summed E-state index contributed by atoms with van der Waals surface area (Å²) < 4.78 is 23.4. The maximum Gasteiger partial charge on any atom is 0.145 e. The van der Waals surface area contributed by atoms with Crippen LogP contribution < -0.4 is 10.5 Å². The summed E-state index contributed by atoms with van der Waals surface area (Å²) in [6.07, 6.45) is 0.0887. The lowest BCUT2D eigenvalue weighted by molar-refractivity contribution is -0.0800. The Balaban J connectivity index is 2.14. The first-order chi connectivity index (χ1) is 6.79. The zero-order valence-corrected chi connectivity index (χ0v) is 7.70. The van der Waals surface area contributed by atoms with E-state index in [0.29, 0.717) is 24.5 Å². The molecule has 14 heavy (non-hydrogen) atoms. The molecule has 0 bridgehead atoms. The molecule has 1 aromatic rings. The highest BCUT2D eigenvalue weighted by Crippen LogP contribution is 2.22. The molecule has 0 saturated carbocycles. The van der Waals surface area contributed by atoms with Crippen molar-refractivity contribution in [2.45, 2.75) is 12.6 Å². The van der Waals surface area contributed by atoms with Crippen LogP contribution in [0.15, 0.2) is 18.2 Å². The van der Waals surface area contributed by atoms with Crippen molar-refractivity contribution < 1.29 is 13.9 Å². The molecule has 1 aliphatic heterocycles. The molecule has 0 amide bonds. The average Bonchev–Trinajstić information content (AvgIpc) is 2.13. The van der Waals surface area contributed by atoms with Gasteiger partial charge >= 0.3 is 0 Å². The van der Waals surface area contributed by atoms with Gasteiger partial charge in [0, 0.05) is 12.1 Å². The predicted molar refractivity (Wildman–Crippen MR) is 49.5 cm³/mol. The van der Waals surface area contributed by atoms with E-state index < -0.39 is 0 Å². The van der Waals surface area contributed by atoms with Crippen LogP contribution in [0, 0.1) is 5.82 Å². The van der Waals surface area contributed by atoms with Crippen molar-refractivity contribution in [3.63, 3.8) is 0 Å². The van der Waals surface area contributed by atoms with E-state index in [0.717, 1.165) is 0 Å². The molecule has 0 aliphatic carbocycles. The monoisotopic (exact) mass is 197 g/mol. The van der Waals surface area contributed by atoms with Crippen molar-refractivity contribution >= 4 is 0 Å². The van der Waals surface area contributed by atoms with E-state index >= 15 is 0 Å². The van der Waals surface area contributed by atoms with Gasteiger partial charge in [-0.1, -0.05) is 0 Å². The van der Waals surface area contributed by atoms with Gasteiger partial charge in [-0.05, 0) is 18.2 Å². The van der Waals surface area contributed by atoms with Gasteiger partial charge in [0.2, 0.25) is 0 Å². The fourth-order valence-electron chi connectivity index (χ4n) is 1.28. The Morgan fingerprint density at radius 3 is 2.86 bits per heavy atom. The van der Waals surface area contributed by atoms with E-state index in [1.165, 1.54) is 12.1 Å². The third-order valence-electron chi connectivity index (χ3n) is 2.14. The van der Waals surface area contributed by atoms with Crippen LogP contribution in [-0.4, -0.2) is 19.3 Å². The molecule has 0 aromatic heterocycles. The summed E-state index contributed by atoms with van der Waals surface area (Å²) in [4.78, 5) is 0. The van der Waals surface area contributed by atoms with Crippen LogP contribution in [0.5, 0.6) is 5.75 Å². The van der Waals surface area contributed by atoms with Gasteiger partial charge in [-0.3, -0.25) is 0 Å². The quantitative estimate of drug-likeness (QED) is 0.788. The Kier molecular flexibility index (Phi) is 2.65. The summed E-state index contributed by atoms with van der Waals surface area (Å²) in [5.74, 6) is 0.366. The van der Waals surface area contributed by atoms with Crippen LogP contribution in [-0.2, 0) is 11.3 Å². The Labute approximate surface area is 81.6 Å². The standard InChI is InChI=1S/C10H12FNO2/c11-8-1-2-10(7(3-8)4-12)14-9-5-13-6-9/h1-3,9H,4-6,12H2. The molecule has 0 spiro atoms. The SMILES string of the molecule is NCc1cc(F)ccc1OC1COC1. The lowest BCUT2D eigenvalue weighted by atomic mass is 10.2. The number of halogens is 1. The third-order valence-corrected chi connectivity index (χ3v) is 2.14. The topological polar surface area (TPSA) is 44.5 Å². The molecule has 0 atom stereocenters. The minimum atomic E-state index is -0.289. The fraction of sp³-hybridized carbons (Fsp3) is 0.400. The van der Waals surface area contributed by atoms with Gasteiger partial charge in [-0.15, -0.1) is 0 Å². The number of nitrogens with two attached hydrogens (primary N) is 1. The largest absolute Gasteiger partial charge is 0.485 e. The van der Waals surface area contributed by atoms with Crippen LogP contribution in [0.2, 0.25) is 0 Å². The lowest BCUT2D eigenvalue weighted by Crippen LogP contribution is -2.38. The summed E-state index contributed by atoms with van der Waals surface area (Å²) in [6.45, 7) is 1.48. The smallest absolute Gasteiger partial charge is 0.145 e. The first-order valence-electron chi connectivity index (χ1n) is 4.52. The molecule has 1 aromatic carbocycles. The normalized spacial score (nSPS) is 16.4. The zero-order valence-electron chi connectivity index (χ0n) is 7.70. The van der Waals surface area contributed by atoms with Crippen LogP contribution in [0.1, 0.15) is 5.56 Å². The van der Waals surface area contributed by atoms with Crippen molar-refractivity contribution in [2.75, 3.05) is 13.2 Å². The summed E-state index contributed by atoms with van der Waals surface area (Å²) in [7, 11) is 0. The number of benzene rings is 1. The molecule has 0 unspecified atom stereocenters. The summed E-state index contributed by atoms with van der Waals surface area (Å²) in [5.41, 5.74) is 6.17. The fourth-order valence-corrected chi connectivity index (χ4v) is 1.28. The highest BCUT2D eigenvalue weighted by atomic mass is 19.1. The van der Waals surface area contributed by atoms with Gasteiger partial charge in [0.1, 0.15) is 17.7 Å². The van der Waals surface area contributed by atoms with E-state index in [4.69, 9.17) is 15.2 Å². The molecule has 1 heterocycles. The highest BCUT2D eigenvalue weighted by molar-refractivity contribution is 5.34. The molecule has 2 N–H and O–H groups in total. The van der Waals surface area contributed by atoms with Crippen LogP contribution in [0.25, 0.3) is 0 Å². The molecule has 1 fully saturated rings. The highest BCUT2D eigenvalue weighted by Gasteiger charge is 2.21.